The van der Waals surface area contributed by atoms with Crippen molar-refractivity contribution in [3.8, 4) is 0 Å². The minimum atomic E-state index is 0.289. The van der Waals surface area contributed by atoms with E-state index in [4.69, 9.17) is 0 Å². The molecule has 0 amide bonds. The lowest BCUT2D eigenvalue weighted by atomic mass is 10.0. The molecule has 0 bridgehead atoms. The van der Waals surface area contributed by atoms with E-state index in [1.807, 2.05) is 0 Å². The van der Waals surface area contributed by atoms with Crippen molar-refractivity contribution in [3.05, 3.63) is 0 Å². The van der Waals surface area contributed by atoms with Gasteiger partial charge in [0.25, 0.3) is 0 Å². The molecule has 0 aliphatic heterocycles. The van der Waals surface area contributed by atoms with Crippen LogP contribution < -0.4 is 10.6 Å². The molecule has 1 unspecified atom stereocenters. The van der Waals surface area contributed by atoms with Crippen LogP contribution in [0.3, 0.4) is 0 Å². The van der Waals surface area contributed by atoms with E-state index in [0.29, 0.717) is 6.04 Å². The number of nitrogens with one attached hydrogen (secondary N) is 2. The Hall–Kier alpha value is -0.0800. The summed E-state index contributed by atoms with van der Waals surface area (Å²) in [4.78, 5) is 0. The molecule has 2 heteroatoms. The molecule has 1 atom stereocenters. The summed E-state index contributed by atoms with van der Waals surface area (Å²) in [7, 11) is 0. The van der Waals surface area contributed by atoms with Crippen molar-refractivity contribution in [2.45, 2.75) is 59.0 Å². The van der Waals surface area contributed by atoms with Gasteiger partial charge in [0, 0.05) is 24.7 Å². The van der Waals surface area contributed by atoms with Crippen molar-refractivity contribution in [3.63, 3.8) is 0 Å². The van der Waals surface area contributed by atoms with Crippen LogP contribution in [0.2, 0.25) is 0 Å². The van der Waals surface area contributed by atoms with E-state index in [2.05, 4.69) is 45.3 Å². The molecule has 0 rings (SSSR count). The molecule has 0 aromatic rings. The van der Waals surface area contributed by atoms with Gasteiger partial charge in [0.1, 0.15) is 0 Å². The van der Waals surface area contributed by atoms with Crippen LogP contribution in [0.15, 0.2) is 0 Å². The van der Waals surface area contributed by atoms with Gasteiger partial charge in [0.05, 0.1) is 0 Å². The predicted molar refractivity (Wildman–Crippen MR) is 60.1 cm³/mol. The minimum absolute atomic E-state index is 0.289. The Kier molecular flexibility index (Phi) is 6.35. The Labute approximate surface area is 83.5 Å². The highest BCUT2D eigenvalue weighted by Crippen LogP contribution is 2.05. The van der Waals surface area contributed by atoms with Crippen molar-refractivity contribution in [2.24, 2.45) is 0 Å². The fraction of sp³-hybridized carbons (Fsp3) is 1.00. The van der Waals surface area contributed by atoms with Crippen LogP contribution in [-0.4, -0.2) is 24.7 Å². The van der Waals surface area contributed by atoms with E-state index in [0.717, 1.165) is 13.1 Å². The average Bonchev–Trinajstić information content (AvgIpc) is 2.12. The highest BCUT2D eigenvalue weighted by molar-refractivity contribution is 4.75. The van der Waals surface area contributed by atoms with Gasteiger partial charge in [-0.1, -0.05) is 13.8 Å². The molecule has 0 fully saturated rings. The molecule has 0 saturated heterocycles. The van der Waals surface area contributed by atoms with Crippen molar-refractivity contribution >= 4 is 0 Å². The zero-order valence-electron chi connectivity index (χ0n) is 9.91. The van der Waals surface area contributed by atoms with E-state index in [-0.39, 0.29) is 5.54 Å². The molecule has 0 radical (unpaired) electrons. The van der Waals surface area contributed by atoms with E-state index >= 15 is 0 Å². The topological polar surface area (TPSA) is 24.1 Å². The smallest absolute Gasteiger partial charge is 0.0123 e. The largest absolute Gasteiger partial charge is 0.313 e. The molecular weight excluding hydrogens is 160 g/mol. The zero-order valence-corrected chi connectivity index (χ0v) is 9.91. The molecule has 0 saturated carbocycles. The number of rotatable bonds is 7. The molecule has 0 aromatic carbocycles. The van der Waals surface area contributed by atoms with Crippen LogP contribution >= 0.6 is 0 Å². The van der Waals surface area contributed by atoms with Crippen molar-refractivity contribution in [1.29, 1.82) is 0 Å². The summed E-state index contributed by atoms with van der Waals surface area (Å²) in [5.41, 5.74) is 0.289. The van der Waals surface area contributed by atoms with Gasteiger partial charge < -0.3 is 10.6 Å². The third-order valence-corrected chi connectivity index (χ3v) is 2.72. The standard InChI is InChI=1S/C11H26N2/c1-6-10(3)12-8-9-13-11(4,5)7-2/h10,12-13H,6-9H2,1-5H3. The average molecular weight is 186 g/mol. The van der Waals surface area contributed by atoms with Crippen molar-refractivity contribution < 1.29 is 0 Å². The first-order chi connectivity index (χ1) is 6.02. The van der Waals surface area contributed by atoms with Gasteiger partial charge in [-0.2, -0.15) is 0 Å². The quantitative estimate of drug-likeness (QED) is 0.595. The molecule has 2 nitrogen and oxygen atoms in total. The molecular formula is C11H26N2. The summed E-state index contributed by atoms with van der Waals surface area (Å²) >= 11 is 0. The molecule has 80 valence electrons. The van der Waals surface area contributed by atoms with Crippen molar-refractivity contribution in [2.75, 3.05) is 13.1 Å². The van der Waals surface area contributed by atoms with Gasteiger partial charge in [0.15, 0.2) is 0 Å². The Morgan fingerprint density at radius 3 is 2.23 bits per heavy atom. The molecule has 0 aliphatic carbocycles. The normalized spacial score (nSPS) is 14.5. The molecule has 0 spiro atoms. The minimum Gasteiger partial charge on any atom is -0.313 e. The maximum absolute atomic E-state index is 3.53. The van der Waals surface area contributed by atoms with E-state index < -0.39 is 0 Å². The van der Waals surface area contributed by atoms with Gasteiger partial charge >= 0.3 is 0 Å². The summed E-state index contributed by atoms with van der Waals surface area (Å²) in [6.07, 6.45) is 2.38. The Bertz CT molecular complexity index is 121. The van der Waals surface area contributed by atoms with Gasteiger partial charge in [0.2, 0.25) is 0 Å². The van der Waals surface area contributed by atoms with Gasteiger partial charge in [-0.05, 0) is 33.6 Å². The second-order valence-corrected chi connectivity index (χ2v) is 4.43. The van der Waals surface area contributed by atoms with E-state index in [9.17, 15) is 0 Å². The highest BCUT2D eigenvalue weighted by Gasteiger charge is 2.12. The van der Waals surface area contributed by atoms with E-state index in [1.165, 1.54) is 12.8 Å². The van der Waals surface area contributed by atoms with Crippen LogP contribution in [-0.2, 0) is 0 Å². The Morgan fingerprint density at radius 2 is 1.77 bits per heavy atom. The Balaban J connectivity index is 3.35. The van der Waals surface area contributed by atoms with Crippen LogP contribution in [0.4, 0.5) is 0 Å². The van der Waals surface area contributed by atoms with Gasteiger partial charge in [-0.15, -0.1) is 0 Å². The maximum atomic E-state index is 3.53. The van der Waals surface area contributed by atoms with Crippen LogP contribution in [0.1, 0.15) is 47.5 Å². The summed E-state index contributed by atoms with van der Waals surface area (Å²) in [6, 6.07) is 0.645. The second-order valence-electron chi connectivity index (χ2n) is 4.43. The Morgan fingerprint density at radius 1 is 1.15 bits per heavy atom. The molecule has 13 heavy (non-hydrogen) atoms. The van der Waals surface area contributed by atoms with Crippen LogP contribution in [0.25, 0.3) is 0 Å². The third-order valence-electron chi connectivity index (χ3n) is 2.72. The molecule has 2 N–H and O–H groups in total. The SMILES string of the molecule is CCC(C)NCCNC(C)(C)CC. The first kappa shape index (κ1) is 12.9. The molecule has 0 aromatic heterocycles. The lowest BCUT2D eigenvalue weighted by molar-refractivity contribution is 0.369. The highest BCUT2D eigenvalue weighted by atomic mass is 15.0. The fourth-order valence-electron chi connectivity index (χ4n) is 0.989. The monoisotopic (exact) mass is 186 g/mol. The van der Waals surface area contributed by atoms with Crippen molar-refractivity contribution in [1.82, 2.24) is 10.6 Å². The van der Waals surface area contributed by atoms with Gasteiger partial charge in [-0.25, -0.2) is 0 Å². The molecule has 0 aliphatic rings. The fourth-order valence-corrected chi connectivity index (χ4v) is 0.989. The number of hydrogen-bond acceptors (Lipinski definition) is 2. The summed E-state index contributed by atoms with van der Waals surface area (Å²) in [5, 5.41) is 6.99. The first-order valence-corrected chi connectivity index (χ1v) is 5.50. The third kappa shape index (κ3) is 7.03. The second kappa shape index (κ2) is 6.39. The maximum Gasteiger partial charge on any atom is 0.0123 e. The summed E-state index contributed by atoms with van der Waals surface area (Å²) < 4.78 is 0. The summed E-state index contributed by atoms with van der Waals surface area (Å²) in [6.45, 7) is 13.3. The number of hydrogen-bond donors (Lipinski definition) is 2. The lowest BCUT2D eigenvalue weighted by Gasteiger charge is -2.25. The zero-order chi connectivity index (χ0) is 10.3. The first-order valence-electron chi connectivity index (χ1n) is 5.50. The van der Waals surface area contributed by atoms with Gasteiger partial charge in [-0.3, -0.25) is 0 Å². The van der Waals surface area contributed by atoms with Crippen LogP contribution in [0.5, 0.6) is 0 Å². The molecule has 0 heterocycles. The van der Waals surface area contributed by atoms with E-state index in [1.54, 1.807) is 0 Å². The lowest BCUT2D eigenvalue weighted by Crippen LogP contribution is -2.43. The van der Waals surface area contributed by atoms with Crippen LogP contribution in [0, 0.1) is 0 Å². The summed E-state index contributed by atoms with van der Waals surface area (Å²) in [5.74, 6) is 0. The predicted octanol–water partition coefficient (Wildman–Crippen LogP) is 2.15.